The highest BCUT2D eigenvalue weighted by atomic mass is 35.5. The van der Waals surface area contributed by atoms with Crippen LogP contribution in [0.2, 0.25) is 5.02 Å². The van der Waals surface area contributed by atoms with Gasteiger partial charge in [0.05, 0.1) is 27.0 Å². The van der Waals surface area contributed by atoms with Gasteiger partial charge >= 0.3 is 0 Å². The van der Waals surface area contributed by atoms with E-state index < -0.39 is 0 Å². The number of carbonyl (C=O) groups excluding carboxylic acids is 1. The van der Waals surface area contributed by atoms with Crippen molar-refractivity contribution < 1.29 is 4.79 Å². The molecule has 4 nitrogen and oxygen atoms in total. The molecule has 164 valence electrons. The maximum Gasteiger partial charge on any atom is 0.282 e. The van der Waals surface area contributed by atoms with Crippen LogP contribution in [0, 0.1) is 5.92 Å². The molecule has 1 aliphatic heterocycles. The van der Waals surface area contributed by atoms with Crippen LogP contribution in [-0.2, 0) is 10.2 Å². The Bertz CT molecular complexity index is 1280. The summed E-state index contributed by atoms with van der Waals surface area (Å²) in [4.78, 5) is 29.0. The topological polar surface area (TPSA) is 52.0 Å². The van der Waals surface area contributed by atoms with Gasteiger partial charge < -0.3 is 4.79 Å². The van der Waals surface area contributed by atoms with Gasteiger partial charge in [0.2, 0.25) is 0 Å². The normalized spacial score (nSPS) is 23.8. The Balaban J connectivity index is 1.57. The van der Waals surface area contributed by atoms with Crippen molar-refractivity contribution in [2.24, 2.45) is 5.92 Å². The molecule has 0 radical (unpaired) electrons. The highest BCUT2D eigenvalue weighted by Gasteiger charge is 2.46. The Labute approximate surface area is 192 Å². The molecule has 32 heavy (non-hydrogen) atoms. The van der Waals surface area contributed by atoms with Crippen molar-refractivity contribution in [3.63, 3.8) is 0 Å². The molecule has 0 bridgehead atoms. The molecule has 6 rings (SSSR count). The molecule has 2 aliphatic carbocycles. The van der Waals surface area contributed by atoms with Gasteiger partial charge in [-0.1, -0.05) is 49.1 Å². The van der Waals surface area contributed by atoms with Crippen LogP contribution in [0.4, 0.5) is 0 Å². The van der Waals surface area contributed by atoms with Crippen molar-refractivity contribution in [3.8, 4) is 5.69 Å². The number of hydrogen-bond acceptors (Lipinski definition) is 3. The minimum atomic E-state index is -0.220. The van der Waals surface area contributed by atoms with E-state index in [0.29, 0.717) is 16.3 Å². The van der Waals surface area contributed by atoms with Gasteiger partial charge in [-0.3, -0.25) is 9.36 Å². The van der Waals surface area contributed by atoms with E-state index in [2.05, 4.69) is 27.8 Å². The maximum atomic E-state index is 13.1. The van der Waals surface area contributed by atoms with Gasteiger partial charge in [-0.2, -0.15) is 4.98 Å². The van der Waals surface area contributed by atoms with Crippen LogP contribution in [0.1, 0.15) is 80.7 Å². The van der Waals surface area contributed by atoms with Gasteiger partial charge in [-0.05, 0) is 73.8 Å². The van der Waals surface area contributed by atoms with Crippen LogP contribution in [-0.4, -0.2) is 15.8 Å². The van der Waals surface area contributed by atoms with E-state index in [4.69, 9.17) is 11.6 Å². The molecule has 1 spiro atoms. The lowest BCUT2D eigenvalue weighted by Gasteiger charge is -2.33. The molecule has 0 N–H and O–H groups in total. The van der Waals surface area contributed by atoms with Crippen molar-refractivity contribution >= 4 is 28.8 Å². The highest BCUT2D eigenvalue weighted by Crippen LogP contribution is 2.52. The Kier molecular flexibility index (Phi) is 4.76. The number of nitrogens with zero attached hydrogens (tertiary/aromatic N) is 2. The number of fused-ring (bicyclic) bond motifs is 7. The second-order valence-corrected chi connectivity index (χ2v) is 10.3. The third-order valence-corrected chi connectivity index (χ3v) is 8.53. The van der Waals surface area contributed by atoms with Crippen molar-refractivity contribution in [1.29, 1.82) is 0 Å². The molecule has 0 unspecified atom stereocenters. The fourth-order valence-electron chi connectivity index (χ4n) is 6.54. The molecule has 1 aromatic heterocycles. The van der Waals surface area contributed by atoms with Gasteiger partial charge in [0.1, 0.15) is 12.1 Å². The average molecular weight is 447 g/mol. The number of hydrogen-bond donors (Lipinski definition) is 0. The van der Waals surface area contributed by atoms with E-state index in [0.717, 1.165) is 74.7 Å². The van der Waals surface area contributed by atoms with Gasteiger partial charge in [-0.15, -0.1) is 0 Å². The lowest BCUT2D eigenvalue weighted by atomic mass is 9.69. The number of halogens is 1. The molecule has 2 aromatic carbocycles. The van der Waals surface area contributed by atoms with Crippen LogP contribution in [0.15, 0.2) is 41.2 Å². The summed E-state index contributed by atoms with van der Waals surface area (Å²) in [5, 5.41) is 0.971. The SMILES string of the molecule is O=CC1CCC(c2ccc3c(c2)-n2c(nc(=O)c4c(Cl)cccc42)C32CCCCC2)CC1. The molecule has 5 heteroatoms. The lowest BCUT2D eigenvalue weighted by Crippen LogP contribution is -2.32. The fraction of sp³-hybridized carbons (Fsp3) is 0.444. The summed E-state index contributed by atoms with van der Waals surface area (Å²) in [6, 6.07) is 12.6. The molecule has 0 atom stereocenters. The maximum absolute atomic E-state index is 13.1. The van der Waals surface area contributed by atoms with Gasteiger partial charge in [0, 0.05) is 5.92 Å². The summed E-state index contributed by atoms with van der Waals surface area (Å²) >= 11 is 6.47. The number of aldehydes is 1. The molecule has 2 saturated carbocycles. The van der Waals surface area contributed by atoms with Crippen molar-refractivity contribution in [1.82, 2.24) is 9.55 Å². The quantitative estimate of drug-likeness (QED) is 0.448. The van der Waals surface area contributed by atoms with E-state index in [-0.39, 0.29) is 16.9 Å². The predicted octanol–water partition coefficient (Wildman–Crippen LogP) is 6.08. The van der Waals surface area contributed by atoms with E-state index >= 15 is 0 Å². The molecule has 0 saturated heterocycles. The first kappa shape index (κ1) is 20.2. The zero-order valence-electron chi connectivity index (χ0n) is 18.1. The summed E-state index contributed by atoms with van der Waals surface area (Å²) in [5.41, 5.74) is 4.26. The third-order valence-electron chi connectivity index (χ3n) is 8.21. The largest absolute Gasteiger partial charge is 0.303 e. The van der Waals surface area contributed by atoms with Crippen molar-refractivity contribution in [3.05, 3.63) is 68.7 Å². The molecule has 2 heterocycles. The minimum Gasteiger partial charge on any atom is -0.303 e. The van der Waals surface area contributed by atoms with Crippen LogP contribution in [0.25, 0.3) is 16.6 Å². The molecular formula is C27H27ClN2O2. The minimum absolute atomic E-state index is 0.184. The highest BCUT2D eigenvalue weighted by molar-refractivity contribution is 6.35. The van der Waals surface area contributed by atoms with Crippen molar-refractivity contribution in [2.45, 2.75) is 69.1 Å². The van der Waals surface area contributed by atoms with Gasteiger partial charge in [0.25, 0.3) is 5.56 Å². The monoisotopic (exact) mass is 446 g/mol. The van der Waals surface area contributed by atoms with Crippen LogP contribution < -0.4 is 5.56 Å². The molecule has 0 amide bonds. The summed E-state index contributed by atoms with van der Waals surface area (Å²) in [7, 11) is 0. The average Bonchev–Trinajstić information content (AvgIpc) is 3.08. The second kappa shape index (κ2) is 7.55. The summed E-state index contributed by atoms with van der Waals surface area (Å²) in [6.45, 7) is 0. The number of aromatic nitrogens is 2. The van der Waals surface area contributed by atoms with E-state index in [1.54, 1.807) is 6.07 Å². The lowest BCUT2D eigenvalue weighted by molar-refractivity contribution is -0.111. The van der Waals surface area contributed by atoms with Gasteiger partial charge in [-0.25, -0.2) is 0 Å². The zero-order chi connectivity index (χ0) is 21.9. The Morgan fingerprint density at radius 2 is 1.81 bits per heavy atom. The molecule has 3 aliphatic rings. The van der Waals surface area contributed by atoms with Crippen molar-refractivity contribution in [2.75, 3.05) is 0 Å². The van der Waals surface area contributed by atoms with Gasteiger partial charge in [0.15, 0.2) is 0 Å². The molecule has 2 fully saturated rings. The second-order valence-electron chi connectivity index (χ2n) is 9.88. The fourth-order valence-corrected chi connectivity index (χ4v) is 6.79. The first-order valence-electron chi connectivity index (χ1n) is 11.9. The Hall–Kier alpha value is -2.46. The smallest absolute Gasteiger partial charge is 0.282 e. The Morgan fingerprint density at radius 3 is 2.56 bits per heavy atom. The van der Waals surface area contributed by atoms with E-state index in [1.165, 1.54) is 17.5 Å². The molecular weight excluding hydrogens is 420 g/mol. The van der Waals surface area contributed by atoms with E-state index in [9.17, 15) is 9.59 Å². The predicted molar refractivity (Wildman–Crippen MR) is 127 cm³/mol. The van der Waals surface area contributed by atoms with Crippen LogP contribution >= 0.6 is 11.6 Å². The van der Waals surface area contributed by atoms with Crippen LogP contribution in [0.3, 0.4) is 0 Å². The first-order chi connectivity index (χ1) is 15.6. The number of rotatable bonds is 2. The third kappa shape index (κ3) is 2.85. The summed E-state index contributed by atoms with van der Waals surface area (Å²) < 4.78 is 2.23. The number of benzene rings is 2. The first-order valence-corrected chi connectivity index (χ1v) is 12.3. The van der Waals surface area contributed by atoms with E-state index in [1.807, 2.05) is 12.1 Å². The number of carbonyl (C=O) groups is 1. The standard InChI is InChI=1S/C27H27ClN2O2/c28-21-5-4-6-22-24(21)25(32)29-26-27(13-2-1-3-14-27)20-12-11-19(15-23(20)30(22)26)18-9-7-17(16-31)8-10-18/h4-6,11-12,15-18H,1-3,7-10,13-14H2. The molecule has 3 aromatic rings. The zero-order valence-corrected chi connectivity index (χ0v) is 18.9. The Morgan fingerprint density at radius 1 is 1.03 bits per heavy atom. The summed E-state index contributed by atoms with van der Waals surface area (Å²) in [6.07, 6.45) is 10.8. The van der Waals surface area contributed by atoms with Crippen LogP contribution in [0.5, 0.6) is 0 Å². The summed E-state index contributed by atoms with van der Waals surface area (Å²) in [5.74, 6) is 1.59.